The molecule has 0 radical (unpaired) electrons. The molecule has 0 spiro atoms. The SMILES string of the molecule is C=C/C=C(\C=C/C)Cn1c(COCC)cc(C(C)C)c1Sc1cc(Cl)cc(Cl)c1. The normalized spacial score (nSPS) is 12.3. The predicted octanol–water partition coefficient (Wildman–Crippen LogP) is 8.29. The number of hydrogen-bond acceptors (Lipinski definition) is 2. The highest BCUT2D eigenvalue weighted by Crippen LogP contribution is 2.39. The standard InChI is InChI=1S/C24H29Cl2NOS/c1-6-9-18(10-7-2)15-27-21(16-28-8-3)14-23(17(4)5)24(27)29-22-12-19(25)11-20(26)13-22/h6-7,9-14,17H,1,8,15-16H2,2-5H3/b10-7-,18-9+. The first-order valence-corrected chi connectivity index (χ1v) is 11.3. The molecule has 0 bridgehead atoms. The van der Waals surface area contributed by atoms with E-state index in [0.29, 0.717) is 29.2 Å². The molecule has 156 valence electrons. The Labute approximate surface area is 189 Å². The molecule has 0 aliphatic heterocycles. The minimum absolute atomic E-state index is 0.377. The second-order valence-electron chi connectivity index (χ2n) is 6.96. The molecule has 0 unspecified atom stereocenters. The lowest BCUT2D eigenvalue weighted by Gasteiger charge is -2.16. The van der Waals surface area contributed by atoms with Crippen LogP contribution in [0.1, 0.15) is 44.9 Å². The summed E-state index contributed by atoms with van der Waals surface area (Å²) in [5.74, 6) is 0.377. The molecule has 0 fully saturated rings. The monoisotopic (exact) mass is 449 g/mol. The number of nitrogens with zero attached hydrogens (tertiary/aromatic N) is 1. The molecule has 1 aromatic heterocycles. The predicted molar refractivity (Wildman–Crippen MR) is 128 cm³/mol. The molecular formula is C24H29Cl2NOS. The van der Waals surface area contributed by atoms with Crippen LogP contribution in [-0.4, -0.2) is 11.2 Å². The van der Waals surface area contributed by atoms with Crippen LogP contribution in [-0.2, 0) is 17.9 Å². The molecule has 0 saturated carbocycles. The number of benzene rings is 1. The van der Waals surface area contributed by atoms with Crippen molar-refractivity contribution in [1.82, 2.24) is 4.57 Å². The fraction of sp³-hybridized carbons (Fsp3) is 0.333. The maximum atomic E-state index is 6.25. The molecule has 5 heteroatoms. The zero-order valence-electron chi connectivity index (χ0n) is 17.5. The van der Waals surface area contributed by atoms with Crippen molar-refractivity contribution < 1.29 is 4.74 Å². The van der Waals surface area contributed by atoms with Crippen molar-refractivity contribution in [3.8, 4) is 0 Å². The van der Waals surface area contributed by atoms with E-state index in [1.807, 2.05) is 44.2 Å². The summed E-state index contributed by atoms with van der Waals surface area (Å²) in [6.07, 6.45) is 8.04. The lowest BCUT2D eigenvalue weighted by molar-refractivity contribution is 0.128. The van der Waals surface area contributed by atoms with E-state index in [1.54, 1.807) is 17.8 Å². The Balaban J connectivity index is 2.59. The Morgan fingerprint density at radius 1 is 1.21 bits per heavy atom. The topological polar surface area (TPSA) is 14.2 Å². The Kier molecular flexibility index (Phi) is 9.64. The van der Waals surface area contributed by atoms with E-state index in [-0.39, 0.29) is 0 Å². The summed E-state index contributed by atoms with van der Waals surface area (Å²) in [4.78, 5) is 1.02. The smallest absolute Gasteiger partial charge is 0.0868 e. The van der Waals surface area contributed by atoms with Crippen molar-refractivity contribution in [2.24, 2.45) is 0 Å². The Bertz CT molecular complexity index is 876. The Hall–Kier alpha value is -1.39. The van der Waals surface area contributed by atoms with E-state index in [0.717, 1.165) is 17.1 Å². The van der Waals surface area contributed by atoms with Crippen molar-refractivity contribution in [3.05, 3.63) is 82.0 Å². The maximum absolute atomic E-state index is 6.25. The molecule has 0 amide bonds. The van der Waals surface area contributed by atoms with Gasteiger partial charge in [-0.15, -0.1) is 0 Å². The molecule has 2 rings (SSSR count). The summed E-state index contributed by atoms with van der Waals surface area (Å²) in [5, 5.41) is 2.47. The summed E-state index contributed by atoms with van der Waals surface area (Å²) in [6.45, 7) is 14.3. The van der Waals surface area contributed by atoms with Crippen LogP contribution < -0.4 is 0 Å². The summed E-state index contributed by atoms with van der Waals surface area (Å²) in [6, 6.07) is 7.92. The fourth-order valence-corrected chi connectivity index (χ4v) is 5.00. The van der Waals surface area contributed by atoms with Gasteiger partial charge in [0.15, 0.2) is 0 Å². The fourth-order valence-electron chi connectivity index (χ4n) is 3.04. The van der Waals surface area contributed by atoms with Crippen molar-refractivity contribution in [3.63, 3.8) is 0 Å². The lowest BCUT2D eigenvalue weighted by Crippen LogP contribution is -2.08. The van der Waals surface area contributed by atoms with E-state index in [9.17, 15) is 0 Å². The van der Waals surface area contributed by atoms with Gasteiger partial charge in [-0.25, -0.2) is 0 Å². The molecule has 1 heterocycles. The summed E-state index contributed by atoms with van der Waals surface area (Å²) >= 11 is 14.2. The van der Waals surface area contributed by atoms with Crippen molar-refractivity contribution in [2.45, 2.75) is 56.7 Å². The van der Waals surface area contributed by atoms with Gasteiger partial charge in [-0.2, -0.15) is 0 Å². The highest BCUT2D eigenvalue weighted by Gasteiger charge is 2.19. The van der Waals surface area contributed by atoms with E-state index in [2.05, 4.69) is 37.1 Å². The first-order chi connectivity index (χ1) is 13.9. The Morgan fingerprint density at radius 3 is 2.45 bits per heavy atom. The van der Waals surface area contributed by atoms with Crippen molar-refractivity contribution >= 4 is 35.0 Å². The van der Waals surface area contributed by atoms with Gasteiger partial charge in [-0.05, 0) is 55.2 Å². The second-order valence-corrected chi connectivity index (χ2v) is 8.89. The second kappa shape index (κ2) is 11.7. The summed E-state index contributed by atoms with van der Waals surface area (Å²) < 4.78 is 8.10. The average molecular weight is 450 g/mol. The van der Waals surface area contributed by atoms with Gasteiger partial charge in [-0.1, -0.05) is 79.7 Å². The van der Waals surface area contributed by atoms with E-state index >= 15 is 0 Å². The minimum atomic E-state index is 0.377. The third kappa shape index (κ3) is 6.82. The number of aromatic nitrogens is 1. The molecule has 0 atom stereocenters. The van der Waals surface area contributed by atoms with Gasteiger partial charge in [0.25, 0.3) is 0 Å². The third-order valence-corrected chi connectivity index (χ3v) is 5.90. The van der Waals surface area contributed by atoms with Crippen LogP contribution >= 0.6 is 35.0 Å². The Morgan fingerprint density at radius 2 is 1.90 bits per heavy atom. The minimum Gasteiger partial charge on any atom is -0.376 e. The van der Waals surface area contributed by atoms with Crippen LogP contribution in [0, 0.1) is 0 Å². The van der Waals surface area contributed by atoms with Crippen LogP contribution in [0.5, 0.6) is 0 Å². The van der Waals surface area contributed by atoms with Crippen LogP contribution in [0.2, 0.25) is 10.0 Å². The zero-order valence-corrected chi connectivity index (χ0v) is 19.9. The average Bonchev–Trinajstić information content (AvgIpc) is 2.97. The van der Waals surface area contributed by atoms with Crippen LogP contribution in [0.15, 0.2) is 70.6 Å². The molecule has 1 aromatic carbocycles. The summed E-state index contributed by atoms with van der Waals surface area (Å²) in [7, 11) is 0. The van der Waals surface area contributed by atoms with Gasteiger partial charge < -0.3 is 9.30 Å². The van der Waals surface area contributed by atoms with Crippen LogP contribution in [0.4, 0.5) is 0 Å². The maximum Gasteiger partial charge on any atom is 0.0868 e. The largest absolute Gasteiger partial charge is 0.376 e. The zero-order chi connectivity index (χ0) is 21.4. The van der Waals surface area contributed by atoms with Crippen molar-refractivity contribution in [2.75, 3.05) is 6.61 Å². The first kappa shape index (κ1) is 23.9. The quantitative estimate of drug-likeness (QED) is 0.338. The van der Waals surface area contributed by atoms with Gasteiger partial charge in [0.1, 0.15) is 0 Å². The van der Waals surface area contributed by atoms with Crippen LogP contribution in [0.3, 0.4) is 0 Å². The summed E-state index contributed by atoms with van der Waals surface area (Å²) in [5.41, 5.74) is 3.63. The van der Waals surface area contributed by atoms with E-state index in [1.165, 1.54) is 16.2 Å². The molecule has 2 aromatic rings. The van der Waals surface area contributed by atoms with E-state index in [4.69, 9.17) is 27.9 Å². The highest BCUT2D eigenvalue weighted by molar-refractivity contribution is 7.99. The van der Waals surface area contributed by atoms with Crippen LogP contribution in [0.25, 0.3) is 0 Å². The first-order valence-electron chi connectivity index (χ1n) is 9.77. The number of allylic oxidation sites excluding steroid dienone is 5. The van der Waals surface area contributed by atoms with Gasteiger partial charge in [0.05, 0.1) is 11.6 Å². The molecule has 0 aliphatic carbocycles. The molecule has 2 nitrogen and oxygen atoms in total. The van der Waals surface area contributed by atoms with Gasteiger partial charge >= 0.3 is 0 Å². The van der Waals surface area contributed by atoms with Crippen molar-refractivity contribution in [1.29, 1.82) is 0 Å². The molecule has 29 heavy (non-hydrogen) atoms. The van der Waals surface area contributed by atoms with E-state index < -0.39 is 0 Å². The molecular weight excluding hydrogens is 421 g/mol. The number of halogens is 2. The number of hydrogen-bond donors (Lipinski definition) is 0. The highest BCUT2D eigenvalue weighted by atomic mass is 35.5. The molecule has 0 aliphatic rings. The number of rotatable bonds is 10. The van der Waals surface area contributed by atoms with Gasteiger partial charge in [0, 0.05) is 33.8 Å². The molecule has 0 saturated heterocycles. The lowest BCUT2D eigenvalue weighted by atomic mass is 10.1. The van der Waals surface area contributed by atoms with Gasteiger partial charge in [-0.3, -0.25) is 0 Å². The molecule has 0 N–H and O–H groups in total. The van der Waals surface area contributed by atoms with Gasteiger partial charge in [0.2, 0.25) is 0 Å². The number of ether oxygens (including phenoxy) is 1. The third-order valence-electron chi connectivity index (χ3n) is 4.34.